The molecular formula is C13H19FN6O6S2. The number of alkyl halides is 1. The molecule has 28 heavy (non-hydrogen) atoms. The van der Waals surface area contributed by atoms with Gasteiger partial charge in [0.05, 0.1) is 18.6 Å². The van der Waals surface area contributed by atoms with Crippen molar-refractivity contribution in [2.24, 2.45) is 5.14 Å². The van der Waals surface area contributed by atoms with Gasteiger partial charge in [-0.1, -0.05) is 18.7 Å². The van der Waals surface area contributed by atoms with Gasteiger partial charge in [-0.05, 0) is 0 Å². The van der Waals surface area contributed by atoms with Gasteiger partial charge >= 0.3 is 10.3 Å². The van der Waals surface area contributed by atoms with Gasteiger partial charge in [0.15, 0.2) is 18.0 Å². The number of aromatic nitrogens is 4. The second kappa shape index (κ2) is 8.02. The fourth-order valence-corrected chi connectivity index (χ4v) is 3.88. The van der Waals surface area contributed by atoms with E-state index in [4.69, 9.17) is 15.6 Å². The molecule has 1 fully saturated rings. The molecule has 0 unspecified atom stereocenters. The van der Waals surface area contributed by atoms with Crippen molar-refractivity contribution in [1.29, 1.82) is 0 Å². The number of nitrogen functional groups attached to an aromatic ring is 1. The minimum absolute atomic E-state index is 0.104. The lowest BCUT2D eigenvalue weighted by molar-refractivity contribution is -0.0456. The molecule has 1 aliphatic rings. The Kier molecular flexibility index (Phi) is 6.04. The zero-order chi connectivity index (χ0) is 20.6. The summed E-state index contributed by atoms with van der Waals surface area (Å²) < 4.78 is 47.5. The van der Waals surface area contributed by atoms with Crippen LogP contribution in [0.5, 0.6) is 0 Å². The molecule has 0 aromatic carbocycles. The molecule has 0 saturated carbocycles. The van der Waals surface area contributed by atoms with Crippen LogP contribution in [-0.2, 0) is 19.2 Å². The maximum atomic E-state index is 14.7. The molecule has 3 heterocycles. The molecule has 156 valence electrons. The Morgan fingerprint density at radius 1 is 1.50 bits per heavy atom. The molecule has 0 radical (unpaired) electrons. The third kappa shape index (κ3) is 4.19. The van der Waals surface area contributed by atoms with E-state index >= 15 is 0 Å². The molecule has 0 aliphatic carbocycles. The van der Waals surface area contributed by atoms with Crippen molar-refractivity contribution in [3.63, 3.8) is 0 Å². The van der Waals surface area contributed by atoms with Crippen LogP contribution in [0.2, 0.25) is 0 Å². The number of ether oxygens (including phenoxy) is 1. The number of anilines is 1. The van der Waals surface area contributed by atoms with Crippen LogP contribution in [0.25, 0.3) is 11.0 Å². The van der Waals surface area contributed by atoms with Crippen LogP contribution in [0.4, 0.5) is 10.2 Å². The van der Waals surface area contributed by atoms with Gasteiger partial charge in [-0.2, -0.15) is 13.5 Å². The van der Waals surface area contributed by atoms with Gasteiger partial charge in [-0.3, -0.25) is 4.18 Å². The van der Waals surface area contributed by atoms with Gasteiger partial charge in [0, 0.05) is 5.25 Å². The van der Waals surface area contributed by atoms with E-state index in [1.807, 2.05) is 0 Å². The highest BCUT2D eigenvalue weighted by Crippen LogP contribution is 2.38. The average molecular weight is 438 g/mol. The van der Waals surface area contributed by atoms with E-state index in [2.05, 4.69) is 19.2 Å². The predicted molar refractivity (Wildman–Crippen MR) is 96.0 cm³/mol. The molecule has 1 saturated heterocycles. The fourth-order valence-electron chi connectivity index (χ4n) is 2.65. The Hall–Kier alpha value is -1.62. The third-order valence-corrected chi connectivity index (χ3v) is 5.51. The molecule has 3 rings (SSSR count). The number of nitrogens with two attached hydrogens (primary N) is 2. The lowest BCUT2D eigenvalue weighted by Gasteiger charge is -2.14. The van der Waals surface area contributed by atoms with Crippen LogP contribution in [0.15, 0.2) is 11.4 Å². The number of rotatable bonds is 7. The number of fused-ring (bicyclic) bond motifs is 1. The number of hydrogen-bond acceptors (Lipinski definition) is 11. The Morgan fingerprint density at radius 2 is 2.21 bits per heavy atom. The highest BCUT2D eigenvalue weighted by atomic mass is 32.2. The van der Waals surface area contributed by atoms with Crippen LogP contribution in [-0.4, -0.2) is 75.2 Å². The van der Waals surface area contributed by atoms with Crippen LogP contribution in [0.1, 0.15) is 13.2 Å². The first kappa shape index (κ1) is 21.1. The summed E-state index contributed by atoms with van der Waals surface area (Å²) in [5.74, 6) is 0.104. The van der Waals surface area contributed by atoms with Crippen LogP contribution in [0.3, 0.4) is 0 Å². The first-order chi connectivity index (χ1) is 13.1. The highest BCUT2D eigenvalue weighted by molar-refractivity contribution is 8.00. The summed E-state index contributed by atoms with van der Waals surface area (Å²) in [6.45, 7) is 0.949. The van der Waals surface area contributed by atoms with E-state index in [0.717, 1.165) is 4.68 Å². The molecule has 0 spiro atoms. The Labute approximate surface area is 163 Å². The first-order valence-corrected chi connectivity index (χ1v) is 10.4. The molecule has 2 aromatic rings. The van der Waals surface area contributed by atoms with E-state index in [1.54, 1.807) is 6.92 Å². The van der Waals surface area contributed by atoms with E-state index in [1.165, 1.54) is 18.1 Å². The van der Waals surface area contributed by atoms with Gasteiger partial charge in [-0.25, -0.2) is 24.2 Å². The van der Waals surface area contributed by atoms with Gasteiger partial charge < -0.3 is 20.7 Å². The predicted octanol–water partition coefficient (Wildman–Crippen LogP) is -1.30. The summed E-state index contributed by atoms with van der Waals surface area (Å²) in [4.78, 5) is 7.97. The quantitative estimate of drug-likeness (QED) is 0.376. The highest BCUT2D eigenvalue weighted by Gasteiger charge is 2.47. The largest absolute Gasteiger partial charge is 0.395 e. The molecule has 0 bridgehead atoms. The van der Waals surface area contributed by atoms with Crippen molar-refractivity contribution in [2.45, 2.75) is 41.8 Å². The van der Waals surface area contributed by atoms with Gasteiger partial charge in [0.25, 0.3) is 0 Å². The molecule has 15 heteroatoms. The second-order valence-corrected chi connectivity index (χ2v) is 8.74. The van der Waals surface area contributed by atoms with Crippen molar-refractivity contribution in [1.82, 2.24) is 19.7 Å². The molecular weight excluding hydrogens is 419 g/mol. The maximum absolute atomic E-state index is 14.7. The number of hydrogen-bond donors (Lipinski definition) is 4. The fraction of sp³-hybridized carbons (Fsp3) is 0.615. The van der Waals surface area contributed by atoms with E-state index < -0.39 is 41.5 Å². The van der Waals surface area contributed by atoms with Gasteiger partial charge in [0.2, 0.25) is 0 Å². The van der Waals surface area contributed by atoms with Crippen molar-refractivity contribution < 1.29 is 31.9 Å². The standard InChI is InChI=1S/C13H19FN6O6S2/c1-5(2-21)27-12-7-10(15)17-4-18-11(7)20(19-12)13-8(14)9(22)6(26-13)3-25-28(16,23)24/h4-6,8-9,13,21-22H,2-3H2,1H3,(H2,15,17,18)(H2,16,23,24)/t5-,6-,8+,9-,13-/m1/s1. The minimum atomic E-state index is -4.29. The smallest absolute Gasteiger partial charge is 0.333 e. The monoisotopic (exact) mass is 438 g/mol. The van der Waals surface area contributed by atoms with Gasteiger partial charge in [-0.15, -0.1) is 0 Å². The molecule has 12 nitrogen and oxygen atoms in total. The average Bonchev–Trinajstić information content (AvgIpc) is 3.12. The molecule has 6 N–H and O–H groups in total. The van der Waals surface area contributed by atoms with E-state index in [9.17, 15) is 23.0 Å². The number of nitrogens with zero attached hydrogens (tertiary/aromatic N) is 4. The first-order valence-electron chi connectivity index (χ1n) is 8.03. The van der Waals surface area contributed by atoms with Crippen LogP contribution >= 0.6 is 11.8 Å². The van der Waals surface area contributed by atoms with Crippen molar-refractivity contribution in [2.75, 3.05) is 18.9 Å². The Balaban J connectivity index is 1.95. The minimum Gasteiger partial charge on any atom is -0.395 e. The normalized spacial score (nSPS) is 26.8. The van der Waals surface area contributed by atoms with Crippen molar-refractivity contribution >= 4 is 38.9 Å². The van der Waals surface area contributed by atoms with Crippen molar-refractivity contribution in [3.05, 3.63) is 6.33 Å². The third-order valence-electron chi connectivity index (χ3n) is 3.99. The zero-order valence-electron chi connectivity index (χ0n) is 14.5. The molecule has 5 atom stereocenters. The Morgan fingerprint density at radius 3 is 2.86 bits per heavy atom. The summed E-state index contributed by atoms with van der Waals surface area (Å²) in [7, 11) is -4.29. The maximum Gasteiger partial charge on any atom is 0.333 e. The molecule has 2 aromatic heterocycles. The topological polar surface area (TPSA) is 189 Å². The summed E-state index contributed by atoms with van der Waals surface area (Å²) >= 11 is 1.18. The summed E-state index contributed by atoms with van der Waals surface area (Å²) in [5.41, 5.74) is 6.07. The van der Waals surface area contributed by atoms with Crippen molar-refractivity contribution in [3.8, 4) is 0 Å². The number of aliphatic hydroxyl groups excluding tert-OH is 2. The number of thioether (sulfide) groups is 1. The van der Waals surface area contributed by atoms with Gasteiger partial charge in [0.1, 0.15) is 29.4 Å². The number of aliphatic hydroxyl groups is 2. The summed E-state index contributed by atoms with van der Waals surface area (Å²) in [5, 5.41) is 28.8. The second-order valence-electron chi connectivity index (χ2n) is 6.10. The SMILES string of the molecule is C[C@H](CO)Sc1nn([C@@H]2O[C@H](COS(N)(=O)=O)[C@@H](O)[C@@H]2F)c2ncnc(N)c12. The van der Waals surface area contributed by atoms with Crippen LogP contribution in [0, 0.1) is 0 Å². The van der Waals surface area contributed by atoms with E-state index in [-0.39, 0.29) is 23.3 Å². The summed E-state index contributed by atoms with van der Waals surface area (Å²) in [6, 6.07) is 0. The lowest BCUT2D eigenvalue weighted by Crippen LogP contribution is -2.33. The molecule has 0 amide bonds. The molecule has 1 aliphatic heterocycles. The number of halogens is 1. The summed E-state index contributed by atoms with van der Waals surface area (Å²) in [6.07, 6.45) is -5.19. The van der Waals surface area contributed by atoms with E-state index in [0.29, 0.717) is 10.4 Å². The van der Waals surface area contributed by atoms with Crippen LogP contribution < -0.4 is 10.9 Å². The zero-order valence-corrected chi connectivity index (χ0v) is 16.2. The lowest BCUT2D eigenvalue weighted by atomic mass is 10.1. The Bertz CT molecular complexity index is 958.